The molecule has 0 bridgehead atoms. The Labute approximate surface area is 284 Å². The maximum Gasteiger partial charge on any atom is 0.189 e. The molecule has 49 heavy (non-hydrogen) atoms. The first-order valence-electron chi connectivity index (χ1n) is 15.9. The van der Waals surface area contributed by atoms with Crippen LogP contribution in [0.2, 0.25) is 0 Å². The van der Waals surface area contributed by atoms with Gasteiger partial charge in [-0.1, -0.05) is 84.9 Å². The van der Waals surface area contributed by atoms with Crippen molar-refractivity contribution in [2.45, 2.75) is 0 Å². The lowest BCUT2D eigenvalue weighted by Crippen LogP contribution is -1.95. The molecule has 0 saturated heterocycles. The quantitative estimate of drug-likeness (QED) is 0.176. The first kappa shape index (κ1) is 29.2. The van der Waals surface area contributed by atoms with E-state index >= 15 is 0 Å². The minimum atomic E-state index is 0.520. The van der Waals surface area contributed by atoms with Crippen molar-refractivity contribution in [3.63, 3.8) is 0 Å². The molecule has 0 aliphatic carbocycles. The molecule has 0 saturated carbocycles. The smallest absolute Gasteiger partial charge is 0.189 e. The van der Waals surface area contributed by atoms with Crippen molar-refractivity contribution in [1.29, 1.82) is 5.26 Å². The van der Waals surface area contributed by atoms with E-state index in [-0.39, 0.29) is 0 Å². The molecule has 0 amide bonds. The van der Waals surface area contributed by atoms with Gasteiger partial charge < -0.3 is 4.57 Å². The van der Waals surface area contributed by atoms with Gasteiger partial charge in [0.25, 0.3) is 0 Å². The molecule has 1 aromatic heterocycles. The van der Waals surface area contributed by atoms with E-state index in [9.17, 15) is 5.26 Å². The van der Waals surface area contributed by atoms with Crippen molar-refractivity contribution in [2.75, 3.05) is 0 Å². The van der Waals surface area contributed by atoms with Gasteiger partial charge in [-0.15, -0.1) is 0 Å². The molecule has 0 spiro atoms. The van der Waals surface area contributed by atoms with Gasteiger partial charge in [-0.05, 0) is 123 Å². The van der Waals surface area contributed by atoms with Crippen LogP contribution in [0.15, 0.2) is 158 Å². The molecule has 8 aromatic rings. The molecule has 4 nitrogen and oxygen atoms in total. The minimum Gasteiger partial charge on any atom is -0.311 e. The molecular weight excluding hydrogens is 597 g/mol. The van der Waals surface area contributed by atoms with Crippen LogP contribution in [0.25, 0.3) is 81.7 Å². The Morgan fingerprint density at radius 3 is 1.59 bits per heavy atom. The number of nitrogens with zero attached hydrogens (tertiary/aromatic N) is 4. The van der Waals surface area contributed by atoms with Crippen LogP contribution in [0.5, 0.6) is 0 Å². The van der Waals surface area contributed by atoms with Gasteiger partial charge in [-0.25, -0.2) is 9.69 Å². The Morgan fingerprint density at radius 1 is 0.429 bits per heavy atom. The van der Waals surface area contributed by atoms with Gasteiger partial charge in [0.1, 0.15) is 0 Å². The summed E-state index contributed by atoms with van der Waals surface area (Å²) >= 11 is 0. The summed E-state index contributed by atoms with van der Waals surface area (Å²) in [5.74, 6) is 0. The Morgan fingerprint density at radius 2 is 0.939 bits per heavy atom. The van der Waals surface area contributed by atoms with E-state index in [1.54, 1.807) is 0 Å². The van der Waals surface area contributed by atoms with Gasteiger partial charge >= 0.3 is 0 Å². The average Bonchev–Trinajstić information content (AvgIpc) is 3.51. The van der Waals surface area contributed by atoms with Crippen molar-refractivity contribution < 1.29 is 0 Å². The van der Waals surface area contributed by atoms with E-state index in [1.165, 1.54) is 0 Å². The molecule has 7 aromatic carbocycles. The first-order chi connectivity index (χ1) is 24.1. The number of hydrogen-bond donors (Lipinski definition) is 0. The van der Waals surface area contributed by atoms with E-state index in [0.29, 0.717) is 16.9 Å². The highest BCUT2D eigenvalue weighted by atomic mass is 15.0. The number of nitriles is 1. The van der Waals surface area contributed by atoms with Crippen LogP contribution in [-0.4, -0.2) is 4.57 Å². The highest BCUT2D eigenvalue weighted by Gasteiger charge is 2.16. The summed E-state index contributed by atoms with van der Waals surface area (Å²) in [6.07, 6.45) is 0. The fraction of sp³-hybridized carbons (Fsp3) is 0. The normalized spacial score (nSPS) is 10.8. The fourth-order valence-electron chi connectivity index (χ4n) is 6.65. The third-order valence-electron chi connectivity index (χ3n) is 8.97. The van der Waals surface area contributed by atoms with Gasteiger partial charge in [0.2, 0.25) is 0 Å². The van der Waals surface area contributed by atoms with Crippen LogP contribution < -0.4 is 0 Å². The van der Waals surface area contributed by atoms with Gasteiger partial charge in [0.05, 0.1) is 35.8 Å². The second-order valence-corrected chi connectivity index (χ2v) is 12.0. The Bertz CT molecular complexity index is 2610. The molecule has 0 aliphatic rings. The molecule has 1 heterocycles. The topological polar surface area (TPSA) is 37.4 Å². The molecule has 226 valence electrons. The summed E-state index contributed by atoms with van der Waals surface area (Å²) < 4.78 is 2.13. The van der Waals surface area contributed by atoms with Crippen molar-refractivity contribution in [1.82, 2.24) is 4.57 Å². The SMILES string of the molecule is [C-]#[N+]c1cc(-c2cc(-c3ccccc3)cc(-c3cccc(-c4ccccc4)c3)c2)cc(-n2c3ccc(C#N)cc3c3cc([N+]#[C-])ccc32)c1. The summed E-state index contributed by atoms with van der Waals surface area (Å²) in [6.45, 7) is 15.7. The molecular formula is C45H26N4. The van der Waals surface area contributed by atoms with Gasteiger partial charge in [-0.2, -0.15) is 5.26 Å². The molecule has 0 radical (unpaired) electrons. The minimum absolute atomic E-state index is 0.520. The van der Waals surface area contributed by atoms with E-state index in [4.69, 9.17) is 13.1 Å². The first-order valence-corrected chi connectivity index (χ1v) is 15.9. The van der Waals surface area contributed by atoms with E-state index < -0.39 is 0 Å². The van der Waals surface area contributed by atoms with Crippen LogP contribution in [0.4, 0.5) is 11.4 Å². The van der Waals surface area contributed by atoms with Gasteiger partial charge in [0.15, 0.2) is 11.4 Å². The summed E-state index contributed by atoms with van der Waals surface area (Å²) in [5.41, 5.74) is 12.9. The second kappa shape index (κ2) is 12.2. The summed E-state index contributed by atoms with van der Waals surface area (Å²) in [4.78, 5) is 7.56. The van der Waals surface area contributed by atoms with Crippen LogP contribution in [0.3, 0.4) is 0 Å². The van der Waals surface area contributed by atoms with Crippen LogP contribution in [0, 0.1) is 24.5 Å². The van der Waals surface area contributed by atoms with Crippen molar-refractivity contribution in [3.05, 3.63) is 186 Å². The van der Waals surface area contributed by atoms with E-state index in [1.807, 2.05) is 60.7 Å². The highest BCUT2D eigenvalue weighted by molar-refractivity contribution is 6.11. The summed E-state index contributed by atoms with van der Waals surface area (Å²) in [5, 5.41) is 11.4. The molecule has 4 heteroatoms. The van der Waals surface area contributed by atoms with Crippen molar-refractivity contribution >= 4 is 33.2 Å². The molecule has 0 unspecified atom stereocenters. The molecule has 0 atom stereocenters. The van der Waals surface area contributed by atoms with Crippen molar-refractivity contribution in [3.8, 4) is 56.3 Å². The summed E-state index contributed by atoms with van der Waals surface area (Å²) in [7, 11) is 0. The maximum absolute atomic E-state index is 9.67. The number of aromatic nitrogens is 1. The largest absolute Gasteiger partial charge is 0.311 e. The number of benzene rings is 7. The predicted molar refractivity (Wildman–Crippen MR) is 200 cm³/mol. The Kier molecular flexibility index (Phi) is 7.28. The van der Waals surface area contributed by atoms with Crippen molar-refractivity contribution in [2.24, 2.45) is 0 Å². The Hall–Kier alpha value is -7.19. The maximum atomic E-state index is 9.67. The fourth-order valence-corrected chi connectivity index (χ4v) is 6.65. The monoisotopic (exact) mass is 622 g/mol. The lowest BCUT2D eigenvalue weighted by atomic mass is 9.92. The van der Waals surface area contributed by atoms with E-state index in [2.05, 4.69) is 117 Å². The molecule has 8 rings (SSSR count). The number of rotatable bonds is 5. The van der Waals surface area contributed by atoms with Gasteiger partial charge in [0, 0.05) is 11.1 Å². The molecule has 0 N–H and O–H groups in total. The predicted octanol–water partition coefficient (Wildman–Crippen LogP) is 12.4. The lowest BCUT2D eigenvalue weighted by Gasteiger charge is -2.15. The summed E-state index contributed by atoms with van der Waals surface area (Å²) in [6, 6.07) is 55.5. The van der Waals surface area contributed by atoms with Crippen LogP contribution in [0.1, 0.15) is 5.56 Å². The Balaban J connectivity index is 1.35. The molecule has 0 fully saturated rings. The van der Waals surface area contributed by atoms with E-state index in [0.717, 1.165) is 72.0 Å². The third-order valence-corrected chi connectivity index (χ3v) is 8.97. The standard InChI is InChI=1S/C45H26N4/c1-47-39-17-19-45-43(28-39)42-20-30(29-46)16-18-44(42)49(45)41-26-38(25-40(27-41)48-2)37-23-35(32-12-7-4-8-13-32)22-36(24-37)34-15-9-14-33(21-34)31-10-5-3-6-11-31/h3-28H. The zero-order chi connectivity index (χ0) is 33.3. The lowest BCUT2D eigenvalue weighted by molar-refractivity contribution is 1.18. The van der Waals surface area contributed by atoms with Crippen LogP contribution >= 0.6 is 0 Å². The second-order valence-electron chi connectivity index (χ2n) is 12.0. The van der Waals surface area contributed by atoms with Gasteiger partial charge in [-0.3, -0.25) is 0 Å². The molecule has 0 aliphatic heterocycles. The third kappa shape index (κ3) is 5.39. The highest BCUT2D eigenvalue weighted by Crippen LogP contribution is 2.39. The zero-order valence-electron chi connectivity index (χ0n) is 26.3. The number of hydrogen-bond acceptors (Lipinski definition) is 1. The number of fused-ring (bicyclic) bond motifs is 3. The van der Waals surface area contributed by atoms with Crippen LogP contribution in [-0.2, 0) is 0 Å². The zero-order valence-corrected chi connectivity index (χ0v) is 26.3. The average molecular weight is 623 g/mol.